The molecule has 1 N–H and O–H groups in total. The smallest absolute Gasteiger partial charge is 0.261 e. The summed E-state index contributed by atoms with van der Waals surface area (Å²) in [6.45, 7) is 0.854. The monoisotopic (exact) mass is 279 g/mol. The predicted octanol–water partition coefficient (Wildman–Crippen LogP) is 1.39. The molecule has 1 aromatic rings. The average Bonchev–Trinajstić information content (AvgIpc) is 2.61. The van der Waals surface area contributed by atoms with Crippen LogP contribution in [0.4, 0.5) is 0 Å². The molecule has 7 heteroatoms. The molecule has 0 spiro atoms. The molecule has 1 aliphatic rings. The van der Waals surface area contributed by atoms with E-state index in [1.54, 1.807) is 11.3 Å². The van der Waals surface area contributed by atoms with Crippen molar-refractivity contribution in [3.05, 3.63) is 21.9 Å². The molecule has 1 atom stereocenters. The average molecular weight is 279 g/mol. The zero-order valence-corrected chi connectivity index (χ0v) is 11.7. The van der Waals surface area contributed by atoms with Crippen molar-refractivity contribution in [1.29, 1.82) is 0 Å². The van der Waals surface area contributed by atoms with Crippen LogP contribution in [0.1, 0.15) is 16.7 Å². The normalized spacial score (nSPS) is 19.5. The molecule has 0 bridgehead atoms. The highest BCUT2D eigenvalue weighted by Crippen LogP contribution is 2.32. The van der Waals surface area contributed by atoms with Crippen molar-refractivity contribution >= 4 is 21.5 Å². The zero-order chi connectivity index (χ0) is 13.1. The third-order valence-corrected chi connectivity index (χ3v) is 3.11. The summed E-state index contributed by atoms with van der Waals surface area (Å²) in [7, 11) is 0.443. The van der Waals surface area contributed by atoms with E-state index in [2.05, 4.69) is 30.4 Å². The van der Waals surface area contributed by atoms with Gasteiger partial charge in [-0.1, -0.05) is 0 Å². The van der Waals surface area contributed by atoms with Crippen LogP contribution in [-0.4, -0.2) is 44.8 Å². The third kappa shape index (κ3) is 5.13. The lowest BCUT2D eigenvalue weighted by Crippen LogP contribution is -2.26. The maximum absolute atomic E-state index is 9.19. The Balaban J connectivity index is 0.000000249. The van der Waals surface area contributed by atoms with Gasteiger partial charge >= 0.3 is 0 Å². The minimum atomic E-state index is -3.67. The Hall–Kier alpha value is -0.470. The van der Waals surface area contributed by atoms with Crippen molar-refractivity contribution in [1.82, 2.24) is 4.90 Å². The molecule has 1 aromatic heterocycles. The quantitative estimate of drug-likeness (QED) is 0.787. The summed E-state index contributed by atoms with van der Waals surface area (Å²) in [6.07, 6.45) is 1.98. The van der Waals surface area contributed by atoms with E-state index in [1.165, 1.54) is 10.4 Å². The molecule has 98 valence electrons. The standard InChI is InChI=1S/C9H13NOS.CH4O3S/c1-10(2)9-8-7(3-5-11-9)4-6-12-8;1-5(2,3)4/h4,6,9H,3,5H2,1-2H3;1H3,(H,2,3,4)/t9-;/m0./s1. The van der Waals surface area contributed by atoms with E-state index in [4.69, 9.17) is 9.29 Å². The van der Waals surface area contributed by atoms with Crippen LogP contribution in [0, 0.1) is 0 Å². The third-order valence-electron chi connectivity index (χ3n) is 2.12. The fourth-order valence-corrected chi connectivity index (χ4v) is 2.61. The van der Waals surface area contributed by atoms with Crippen molar-refractivity contribution in [2.45, 2.75) is 12.6 Å². The first kappa shape index (κ1) is 14.6. The zero-order valence-electron chi connectivity index (χ0n) is 10.1. The number of thiophene rings is 1. The van der Waals surface area contributed by atoms with Crippen molar-refractivity contribution in [2.24, 2.45) is 0 Å². The highest BCUT2D eigenvalue weighted by molar-refractivity contribution is 7.85. The first-order chi connectivity index (χ1) is 7.79. The molecule has 0 saturated heterocycles. The number of ether oxygens (including phenoxy) is 1. The van der Waals surface area contributed by atoms with Gasteiger partial charge in [-0.3, -0.25) is 9.45 Å². The molecular weight excluding hydrogens is 262 g/mol. The summed E-state index contributed by atoms with van der Waals surface area (Å²) in [5.74, 6) is 0. The molecule has 5 nitrogen and oxygen atoms in total. The number of nitrogens with zero attached hydrogens (tertiary/aromatic N) is 1. The number of hydrogen-bond acceptors (Lipinski definition) is 5. The maximum Gasteiger partial charge on any atom is 0.261 e. The first-order valence-electron chi connectivity index (χ1n) is 5.06. The van der Waals surface area contributed by atoms with E-state index in [-0.39, 0.29) is 6.23 Å². The van der Waals surface area contributed by atoms with Crippen LogP contribution >= 0.6 is 11.3 Å². The van der Waals surface area contributed by atoms with E-state index in [0.717, 1.165) is 13.0 Å². The molecule has 0 amide bonds. The van der Waals surface area contributed by atoms with E-state index < -0.39 is 10.1 Å². The largest absolute Gasteiger partial charge is 0.358 e. The molecule has 0 unspecified atom stereocenters. The Kier molecular flexibility index (Phi) is 5.08. The summed E-state index contributed by atoms with van der Waals surface area (Å²) >= 11 is 1.80. The van der Waals surface area contributed by atoms with Crippen LogP contribution in [0.25, 0.3) is 0 Å². The van der Waals surface area contributed by atoms with Gasteiger partial charge in [0.25, 0.3) is 10.1 Å². The molecule has 2 rings (SSSR count). The topological polar surface area (TPSA) is 66.8 Å². The van der Waals surface area contributed by atoms with Crippen molar-refractivity contribution in [3.8, 4) is 0 Å². The van der Waals surface area contributed by atoms with E-state index >= 15 is 0 Å². The first-order valence-corrected chi connectivity index (χ1v) is 7.78. The summed E-state index contributed by atoms with van der Waals surface area (Å²) < 4.78 is 31.5. The second-order valence-corrected chi connectivity index (χ2v) is 6.39. The molecule has 1 aliphatic heterocycles. The Morgan fingerprint density at radius 3 is 2.65 bits per heavy atom. The number of fused-ring (bicyclic) bond motifs is 1. The summed E-state index contributed by atoms with van der Waals surface area (Å²) in [6, 6.07) is 2.21. The number of hydrogen-bond donors (Lipinski definition) is 1. The lowest BCUT2D eigenvalue weighted by Gasteiger charge is -2.28. The fourth-order valence-electron chi connectivity index (χ4n) is 1.51. The van der Waals surface area contributed by atoms with Crippen molar-refractivity contribution < 1.29 is 17.7 Å². The van der Waals surface area contributed by atoms with Gasteiger partial charge in [-0.2, -0.15) is 8.42 Å². The Bertz CT molecular complexity index is 445. The van der Waals surface area contributed by atoms with Gasteiger partial charge in [-0.05, 0) is 37.5 Å². The van der Waals surface area contributed by atoms with Crippen molar-refractivity contribution in [2.75, 3.05) is 27.0 Å². The van der Waals surface area contributed by atoms with Gasteiger partial charge in [0, 0.05) is 0 Å². The summed E-state index contributed by atoms with van der Waals surface area (Å²) in [4.78, 5) is 3.50. The van der Waals surface area contributed by atoms with Crippen LogP contribution in [0.15, 0.2) is 11.4 Å². The van der Waals surface area contributed by atoms with Crippen molar-refractivity contribution in [3.63, 3.8) is 0 Å². The molecule has 0 aliphatic carbocycles. The van der Waals surface area contributed by atoms with Gasteiger partial charge in [0.05, 0.1) is 17.7 Å². The van der Waals surface area contributed by atoms with Gasteiger partial charge < -0.3 is 4.74 Å². The fraction of sp³-hybridized carbons (Fsp3) is 0.600. The lowest BCUT2D eigenvalue weighted by molar-refractivity contribution is -0.0441. The van der Waals surface area contributed by atoms with Gasteiger partial charge in [0.2, 0.25) is 0 Å². The maximum atomic E-state index is 9.19. The van der Waals surface area contributed by atoms with Crippen LogP contribution in [0.2, 0.25) is 0 Å². The second kappa shape index (κ2) is 5.92. The Morgan fingerprint density at radius 2 is 2.12 bits per heavy atom. The van der Waals surface area contributed by atoms with E-state index in [0.29, 0.717) is 6.26 Å². The summed E-state index contributed by atoms with van der Waals surface area (Å²) in [5.41, 5.74) is 1.46. The van der Waals surface area contributed by atoms with Crippen LogP contribution < -0.4 is 0 Å². The number of rotatable bonds is 1. The van der Waals surface area contributed by atoms with E-state index in [1.807, 2.05) is 0 Å². The SMILES string of the molecule is CN(C)[C@H]1OCCc2ccsc21.CS(=O)(=O)O. The molecule has 17 heavy (non-hydrogen) atoms. The van der Waals surface area contributed by atoms with Gasteiger partial charge in [-0.15, -0.1) is 11.3 Å². The Morgan fingerprint density at radius 1 is 1.53 bits per heavy atom. The van der Waals surface area contributed by atoms with Crippen LogP contribution in [-0.2, 0) is 21.3 Å². The molecule has 0 aromatic carbocycles. The highest BCUT2D eigenvalue weighted by atomic mass is 32.2. The molecule has 2 heterocycles. The van der Waals surface area contributed by atoms with Gasteiger partial charge in [0.15, 0.2) is 0 Å². The lowest BCUT2D eigenvalue weighted by atomic mass is 10.1. The Labute approximate surface area is 106 Å². The molecular formula is C10H17NO4S2. The minimum Gasteiger partial charge on any atom is -0.358 e. The van der Waals surface area contributed by atoms with Crippen LogP contribution in [0.3, 0.4) is 0 Å². The highest BCUT2D eigenvalue weighted by Gasteiger charge is 2.23. The molecule has 0 fully saturated rings. The van der Waals surface area contributed by atoms with Gasteiger partial charge in [-0.25, -0.2) is 0 Å². The van der Waals surface area contributed by atoms with Gasteiger partial charge in [0.1, 0.15) is 6.23 Å². The second-order valence-electron chi connectivity index (χ2n) is 3.98. The summed E-state index contributed by atoms with van der Waals surface area (Å²) in [5, 5.41) is 2.15. The molecule has 0 saturated carbocycles. The predicted molar refractivity (Wildman–Crippen MR) is 67.9 cm³/mol. The molecule has 0 radical (unpaired) electrons. The minimum absolute atomic E-state index is 0.189. The van der Waals surface area contributed by atoms with E-state index in [9.17, 15) is 8.42 Å². The van der Waals surface area contributed by atoms with Crippen LogP contribution in [0.5, 0.6) is 0 Å².